The molecule has 0 saturated heterocycles. The lowest BCUT2D eigenvalue weighted by molar-refractivity contribution is 0.207. The van der Waals surface area contributed by atoms with Gasteiger partial charge in [0.15, 0.2) is 0 Å². The average molecular weight is 309 g/mol. The van der Waals surface area contributed by atoms with Gasteiger partial charge >= 0.3 is 0 Å². The highest BCUT2D eigenvalue weighted by Crippen LogP contribution is 2.11. The lowest BCUT2D eigenvalue weighted by Gasteiger charge is -2.05. The topological polar surface area (TPSA) is 20.2 Å². The number of rotatable bonds is 16. The van der Waals surface area contributed by atoms with E-state index in [0.717, 1.165) is 19.3 Å². The van der Waals surface area contributed by atoms with Gasteiger partial charge in [-0.2, -0.15) is 0 Å². The molecular weight excluding hydrogens is 268 g/mol. The van der Waals surface area contributed by atoms with Crippen molar-refractivity contribution in [1.29, 1.82) is 0 Å². The molecule has 0 amide bonds. The Morgan fingerprint density at radius 2 is 1.27 bits per heavy atom. The summed E-state index contributed by atoms with van der Waals surface area (Å²) < 4.78 is 0. The lowest BCUT2D eigenvalue weighted by atomic mass is 10.1. The number of unbranched alkanes of at least 4 members (excludes halogenated alkanes) is 10. The first-order chi connectivity index (χ1) is 10.8. The summed E-state index contributed by atoms with van der Waals surface area (Å²) in [5.41, 5.74) is 0. The Balaban J connectivity index is 3.34. The summed E-state index contributed by atoms with van der Waals surface area (Å²) in [5.74, 6) is 0. The van der Waals surface area contributed by atoms with Crippen LogP contribution in [0.3, 0.4) is 0 Å². The smallest absolute Gasteiger partial charge is 0.0721 e. The van der Waals surface area contributed by atoms with E-state index < -0.39 is 0 Å². The highest BCUT2D eigenvalue weighted by atomic mass is 16.3. The molecule has 0 fully saturated rings. The van der Waals surface area contributed by atoms with Crippen molar-refractivity contribution in [3.05, 3.63) is 24.3 Å². The molecule has 0 heterocycles. The van der Waals surface area contributed by atoms with Gasteiger partial charge in [-0.25, -0.2) is 0 Å². The second-order valence-corrected chi connectivity index (χ2v) is 6.46. The van der Waals surface area contributed by atoms with Crippen LogP contribution in [0.2, 0.25) is 0 Å². The van der Waals surface area contributed by atoms with Crippen LogP contribution in [0.4, 0.5) is 0 Å². The van der Waals surface area contributed by atoms with Crippen molar-refractivity contribution in [3.63, 3.8) is 0 Å². The summed E-state index contributed by atoms with van der Waals surface area (Å²) in [7, 11) is 0. The van der Waals surface area contributed by atoms with Gasteiger partial charge in [-0.15, -0.1) is 0 Å². The highest BCUT2D eigenvalue weighted by Gasteiger charge is 1.98. The molecule has 0 spiro atoms. The Kier molecular flexibility index (Phi) is 18.0. The first kappa shape index (κ1) is 21.4. The predicted octanol–water partition coefficient (Wildman–Crippen LogP) is 6.96. The Hall–Kier alpha value is -0.560. The Bertz CT molecular complexity index is 255. The molecule has 1 nitrogen and oxygen atoms in total. The van der Waals surface area contributed by atoms with Gasteiger partial charge in [0.2, 0.25) is 0 Å². The third-order valence-electron chi connectivity index (χ3n) is 4.12. The number of aliphatic hydroxyl groups is 1. The van der Waals surface area contributed by atoms with Crippen molar-refractivity contribution >= 4 is 0 Å². The molecule has 1 N–H and O–H groups in total. The summed E-state index contributed by atoms with van der Waals surface area (Å²) in [6, 6.07) is 0. The molecule has 1 unspecified atom stereocenters. The van der Waals surface area contributed by atoms with E-state index >= 15 is 0 Å². The molecule has 0 aromatic rings. The van der Waals surface area contributed by atoms with Crippen molar-refractivity contribution in [2.75, 3.05) is 0 Å². The van der Waals surface area contributed by atoms with Gasteiger partial charge in [0.1, 0.15) is 0 Å². The fourth-order valence-corrected chi connectivity index (χ4v) is 2.62. The Morgan fingerprint density at radius 3 is 1.95 bits per heavy atom. The normalized spacial score (nSPS) is 13.4. The highest BCUT2D eigenvalue weighted by molar-refractivity contribution is 4.95. The van der Waals surface area contributed by atoms with Crippen LogP contribution in [0.15, 0.2) is 24.3 Å². The van der Waals surface area contributed by atoms with Gasteiger partial charge in [-0.3, -0.25) is 0 Å². The monoisotopic (exact) mass is 308 g/mol. The number of hydrogen-bond acceptors (Lipinski definition) is 1. The molecule has 0 rings (SSSR count). The van der Waals surface area contributed by atoms with Crippen LogP contribution >= 0.6 is 0 Å². The zero-order valence-electron chi connectivity index (χ0n) is 15.2. The summed E-state index contributed by atoms with van der Waals surface area (Å²) >= 11 is 0. The van der Waals surface area contributed by atoms with Gasteiger partial charge in [0, 0.05) is 0 Å². The predicted molar refractivity (Wildman–Crippen MR) is 100 cm³/mol. The maximum absolute atomic E-state index is 9.88. The fraction of sp³-hybridized carbons (Fsp3) is 0.810. The van der Waals surface area contributed by atoms with E-state index in [9.17, 15) is 5.11 Å². The number of allylic oxidation sites excluding steroid dienone is 3. The molecule has 0 radical (unpaired) electrons. The first-order valence-electron chi connectivity index (χ1n) is 9.81. The molecule has 1 atom stereocenters. The lowest BCUT2D eigenvalue weighted by Crippen LogP contribution is -2.01. The minimum Gasteiger partial charge on any atom is -0.389 e. The van der Waals surface area contributed by atoms with Gasteiger partial charge in [-0.05, 0) is 25.7 Å². The van der Waals surface area contributed by atoms with Crippen molar-refractivity contribution in [2.45, 2.75) is 110 Å². The molecule has 0 aliphatic rings. The summed E-state index contributed by atoms with van der Waals surface area (Å²) in [5, 5.41) is 9.88. The largest absolute Gasteiger partial charge is 0.389 e. The van der Waals surface area contributed by atoms with Crippen molar-refractivity contribution in [3.8, 4) is 0 Å². The van der Waals surface area contributed by atoms with E-state index in [0.29, 0.717) is 0 Å². The number of hydrogen-bond donors (Lipinski definition) is 1. The van der Waals surface area contributed by atoms with Crippen LogP contribution in [0.5, 0.6) is 0 Å². The van der Waals surface area contributed by atoms with Crippen LogP contribution in [0, 0.1) is 0 Å². The van der Waals surface area contributed by atoms with Crippen LogP contribution < -0.4 is 0 Å². The van der Waals surface area contributed by atoms with Crippen LogP contribution in [0.25, 0.3) is 0 Å². The molecule has 0 aromatic heterocycles. The minimum atomic E-state index is -0.242. The Labute approximate surface area is 139 Å². The van der Waals surface area contributed by atoms with E-state index in [1.165, 1.54) is 70.6 Å². The van der Waals surface area contributed by atoms with Gasteiger partial charge in [-0.1, -0.05) is 102 Å². The third-order valence-corrected chi connectivity index (χ3v) is 4.12. The summed E-state index contributed by atoms with van der Waals surface area (Å²) in [4.78, 5) is 0. The van der Waals surface area contributed by atoms with Gasteiger partial charge in [0.05, 0.1) is 6.10 Å². The fourth-order valence-electron chi connectivity index (χ4n) is 2.62. The second kappa shape index (κ2) is 18.5. The van der Waals surface area contributed by atoms with Crippen molar-refractivity contribution in [2.24, 2.45) is 0 Å². The first-order valence-corrected chi connectivity index (χ1v) is 9.81. The Morgan fingerprint density at radius 1 is 0.682 bits per heavy atom. The molecular formula is C21H40O. The van der Waals surface area contributed by atoms with Gasteiger partial charge < -0.3 is 5.11 Å². The van der Waals surface area contributed by atoms with E-state index in [4.69, 9.17) is 0 Å². The standard InChI is InChI=1S/C21H40O/c1-3-5-7-9-11-13-15-17-19-21(22)20-18-16-14-12-10-8-6-4-2/h11,13,17,19,21-22H,3-10,12,14-16,18,20H2,1-2H3/b13-11-,19-17-. The molecule has 1 heteroatoms. The molecule has 0 aliphatic heterocycles. The van der Waals surface area contributed by atoms with E-state index in [-0.39, 0.29) is 6.10 Å². The molecule has 130 valence electrons. The van der Waals surface area contributed by atoms with Crippen molar-refractivity contribution < 1.29 is 5.11 Å². The quantitative estimate of drug-likeness (QED) is 0.241. The molecule has 0 saturated carbocycles. The minimum absolute atomic E-state index is 0.242. The SMILES string of the molecule is CCCCC/C=C\C/C=C\C(O)CCCCCCCCCC. The molecule has 22 heavy (non-hydrogen) atoms. The summed E-state index contributed by atoms with van der Waals surface area (Å²) in [6.45, 7) is 4.50. The molecule has 0 bridgehead atoms. The second-order valence-electron chi connectivity index (χ2n) is 6.46. The maximum atomic E-state index is 9.88. The average Bonchev–Trinajstić information content (AvgIpc) is 2.52. The third kappa shape index (κ3) is 17.5. The van der Waals surface area contributed by atoms with Crippen molar-refractivity contribution in [1.82, 2.24) is 0 Å². The van der Waals surface area contributed by atoms with Crippen LogP contribution in [-0.2, 0) is 0 Å². The van der Waals surface area contributed by atoms with Gasteiger partial charge in [0.25, 0.3) is 0 Å². The zero-order chi connectivity index (χ0) is 16.3. The van der Waals surface area contributed by atoms with E-state index in [1.807, 2.05) is 6.08 Å². The molecule has 0 aromatic carbocycles. The maximum Gasteiger partial charge on any atom is 0.0721 e. The van der Waals surface area contributed by atoms with Crippen LogP contribution in [0.1, 0.15) is 104 Å². The summed E-state index contributed by atoms with van der Waals surface area (Å²) in [6.07, 6.45) is 26.0. The van der Waals surface area contributed by atoms with Crippen LogP contribution in [-0.4, -0.2) is 11.2 Å². The number of aliphatic hydroxyl groups excluding tert-OH is 1. The zero-order valence-corrected chi connectivity index (χ0v) is 15.2. The van der Waals surface area contributed by atoms with E-state index in [2.05, 4.69) is 32.1 Å². The van der Waals surface area contributed by atoms with E-state index in [1.54, 1.807) is 0 Å². The molecule has 0 aliphatic carbocycles.